The second kappa shape index (κ2) is 5.83. The van der Waals surface area contributed by atoms with Crippen molar-refractivity contribution in [2.75, 3.05) is 24.7 Å². The maximum atomic E-state index is 5.64. The Morgan fingerprint density at radius 3 is 2.63 bits per heavy atom. The van der Waals surface area contributed by atoms with Crippen LogP contribution in [0.3, 0.4) is 0 Å². The molecule has 6 nitrogen and oxygen atoms in total. The van der Waals surface area contributed by atoms with Crippen LogP contribution in [0.15, 0.2) is 28.7 Å². The van der Waals surface area contributed by atoms with Gasteiger partial charge in [0.1, 0.15) is 12.4 Å². The molecule has 1 heterocycles. The standard InChI is InChI=1S/C12H14BrN5O/c1-18(2)12-16-10(15-11(14)17-12)7-19-9-6-4-3-5-8(9)13/h3-6H,7H2,1-2H3,(H2,14,15,16,17). The van der Waals surface area contributed by atoms with Gasteiger partial charge < -0.3 is 15.4 Å². The highest BCUT2D eigenvalue weighted by Gasteiger charge is 2.07. The van der Waals surface area contributed by atoms with Crippen molar-refractivity contribution in [3.63, 3.8) is 0 Å². The Morgan fingerprint density at radius 1 is 1.21 bits per heavy atom. The molecule has 0 saturated heterocycles. The summed E-state index contributed by atoms with van der Waals surface area (Å²) in [4.78, 5) is 14.1. The van der Waals surface area contributed by atoms with E-state index in [2.05, 4.69) is 30.9 Å². The smallest absolute Gasteiger partial charge is 0.230 e. The van der Waals surface area contributed by atoms with Gasteiger partial charge in [-0.05, 0) is 28.1 Å². The van der Waals surface area contributed by atoms with E-state index in [1.807, 2.05) is 38.4 Å². The lowest BCUT2D eigenvalue weighted by molar-refractivity contribution is 0.294. The first-order chi connectivity index (χ1) is 9.06. The summed E-state index contributed by atoms with van der Waals surface area (Å²) < 4.78 is 6.52. The van der Waals surface area contributed by atoms with Gasteiger partial charge >= 0.3 is 0 Å². The number of nitrogens with two attached hydrogens (primary N) is 1. The Balaban J connectivity index is 2.14. The van der Waals surface area contributed by atoms with Crippen LogP contribution in [0, 0.1) is 0 Å². The molecule has 0 spiro atoms. The van der Waals surface area contributed by atoms with Crippen LogP contribution < -0.4 is 15.4 Å². The van der Waals surface area contributed by atoms with Gasteiger partial charge in [0.25, 0.3) is 0 Å². The van der Waals surface area contributed by atoms with Crippen LogP contribution in [0.25, 0.3) is 0 Å². The Hall–Kier alpha value is -1.89. The molecule has 100 valence electrons. The minimum Gasteiger partial charge on any atom is -0.484 e. The van der Waals surface area contributed by atoms with Crippen molar-refractivity contribution in [1.29, 1.82) is 0 Å². The second-order valence-electron chi connectivity index (χ2n) is 4.02. The van der Waals surface area contributed by atoms with Gasteiger partial charge in [-0.25, -0.2) is 0 Å². The van der Waals surface area contributed by atoms with E-state index < -0.39 is 0 Å². The molecule has 0 aliphatic carbocycles. The Bertz CT molecular complexity index is 576. The molecule has 0 amide bonds. The third kappa shape index (κ3) is 3.54. The summed E-state index contributed by atoms with van der Waals surface area (Å²) in [7, 11) is 3.68. The molecule has 19 heavy (non-hydrogen) atoms. The van der Waals surface area contributed by atoms with Crippen LogP contribution >= 0.6 is 15.9 Å². The number of hydrogen-bond donors (Lipinski definition) is 1. The van der Waals surface area contributed by atoms with Gasteiger partial charge in [-0.2, -0.15) is 15.0 Å². The van der Waals surface area contributed by atoms with Gasteiger partial charge in [0.05, 0.1) is 4.47 Å². The fourth-order valence-electron chi connectivity index (χ4n) is 1.39. The lowest BCUT2D eigenvalue weighted by Crippen LogP contribution is -2.16. The molecule has 2 aromatic rings. The number of rotatable bonds is 4. The highest BCUT2D eigenvalue weighted by atomic mass is 79.9. The van der Waals surface area contributed by atoms with E-state index in [0.29, 0.717) is 11.8 Å². The van der Waals surface area contributed by atoms with Crippen molar-refractivity contribution in [2.24, 2.45) is 0 Å². The molecule has 0 radical (unpaired) electrons. The van der Waals surface area contributed by atoms with E-state index in [-0.39, 0.29) is 12.6 Å². The van der Waals surface area contributed by atoms with Gasteiger partial charge in [-0.3, -0.25) is 0 Å². The molecule has 1 aromatic heterocycles. The third-order valence-corrected chi connectivity index (χ3v) is 2.94. The van der Waals surface area contributed by atoms with Crippen LogP contribution in [0.5, 0.6) is 5.75 Å². The lowest BCUT2D eigenvalue weighted by atomic mass is 10.3. The molecule has 0 unspecified atom stereocenters. The van der Waals surface area contributed by atoms with E-state index in [4.69, 9.17) is 10.5 Å². The topological polar surface area (TPSA) is 77.2 Å². The zero-order chi connectivity index (χ0) is 13.8. The molecular formula is C12H14BrN5O. The number of benzene rings is 1. The number of nitrogens with zero attached hydrogens (tertiary/aromatic N) is 4. The lowest BCUT2D eigenvalue weighted by Gasteiger charge is -2.12. The Kier molecular flexibility index (Phi) is 4.16. The first kappa shape index (κ1) is 13.5. The number of ether oxygens (including phenoxy) is 1. The quantitative estimate of drug-likeness (QED) is 0.925. The second-order valence-corrected chi connectivity index (χ2v) is 4.88. The van der Waals surface area contributed by atoms with Gasteiger partial charge in [0.2, 0.25) is 11.9 Å². The van der Waals surface area contributed by atoms with Crippen molar-refractivity contribution < 1.29 is 4.74 Å². The minimum atomic E-state index is 0.185. The van der Waals surface area contributed by atoms with E-state index in [0.717, 1.165) is 10.2 Å². The number of halogens is 1. The van der Waals surface area contributed by atoms with Crippen LogP contribution in [-0.2, 0) is 6.61 Å². The normalized spacial score (nSPS) is 10.3. The Labute approximate surface area is 119 Å². The summed E-state index contributed by atoms with van der Waals surface area (Å²) in [5.74, 6) is 1.92. The molecule has 7 heteroatoms. The van der Waals surface area contributed by atoms with Gasteiger partial charge in [-0.15, -0.1) is 0 Å². The van der Waals surface area contributed by atoms with E-state index in [9.17, 15) is 0 Å². The number of nitrogen functional groups attached to an aromatic ring is 1. The molecule has 2 N–H and O–H groups in total. The SMILES string of the molecule is CN(C)c1nc(N)nc(COc2ccccc2Br)n1. The molecule has 1 aromatic carbocycles. The zero-order valence-corrected chi connectivity index (χ0v) is 12.3. The monoisotopic (exact) mass is 323 g/mol. The summed E-state index contributed by atoms with van der Waals surface area (Å²) in [5.41, 5.74) is 5.64. The number of para-hydroxylation sites is 1. The number of anilines is 2. The van der Waals surface area contributed by atoms with Crippen LogP contribution in [0.4, 0.5) is 11.9 Å². The summed E-state index contributed by atoms with van der Waals surface area (Å²) in [6.45, 7) is 0.232. The zero-order valence-electron chi connectivity index (χ0n) is 10.7. The van der Waals surface area contributed by atoms with Crippen molar-refractivity contribution >= 4 is 27.8 Å². The van der Waals surface area contributed by atoms with Crippen LogP contribution in [-0.4, -0.2) is 29.0 Å². The molecule has 0 fully saturated rings. The van der Waals surface area contributed by atoms with Gasteiger partial charge in [0, 0.05) is 14.1 Å². The van der Waals surface area contributed by atoms with Gasteiger partial charge in [-0.1, -0.05) is 12.1 Å². The van der Waals surface area contributed by atoms with E-state index in [1.165, 1.54) is 0 Å². The molecule has 0 aliphatic heterocycles. The van der Waals surface area contributed by atoms with E-state index >= 15 is 0 Å². The van der Waals surface area contributed by atoms with Crippen LogP contribution in [0.1, 0.15) is 5.82 Å². The molecule has 0 atom stereocenters. The van der Waals surface area contributed by atoms with Crippen LogP contribution in [0.2, 0.25) is 0 Å². The van der Waals surface area contributed by atoms with Crippen molar-refractivity contribution in [1.82, 2.24) is 15.0 Å². The van der Waals surface area contributed by atoms with Crippen molar-refractivity contribution in [3.8, 4) is 5.75 Å². The highest BCUT2D eigenvalue weighted by Crippen LogP contribution is 2.24. The third-order valence-electron chi connectivity index (χ3n) is 2.28. The first-order valence-corrected chi connectivity index (χ1v) is 6.40. The average molecular weight is 324 g/mol. The number of hydrogen-bond acceptors (Lipinski definition) is 6. The predicted molar refractivity (Wildman–Crippen MR) is 77.0 cm³/mol. The first-order valence-electron chi connectivity index (χ1n) is 5.61. The maximum Gasteiger partial charge on any atom is 0.230 e. The largest absolute Gasteiger partial charge is 0.484 e. The maximum absolute atomic E-state index is 5.64. The van der Waals surface area contributed by atoms with Crippen molar-refractivity contribution in [2.45, 2.75) is 6.61 Å². The highest BCUT2D eigenvalue weighted by molar-refractivity contribution is 9.10. The summed E-state index contributed by atoms with van der Waals surface area (Å²) >= 11 is 3.41. The molecule has 0 saturated carbocycles. The summed E-state index contributed by atoms with van der Waals surface area (Å²) in [6.07, 6.45) is 0. The van der Waals surface area contributed by atoms with Crippen molar-refractivity contribution in [3.05, 3.63) is 34.6 Å². The Morgan fingerprint density at radius 2 is 1.95 bits per heavy atom. The van der Waals surface area contributed by atoms with E-state index in [1.54, 1.807) is 4.90 Å². The molecule has 0 bridgehead atoms. The van der Waals surface area contributed by atoms with Gasteiger partial charge in [0.15, 0.2) is 5.82 Å². The fourth-order valence-corrected chi connectivity index (χ4v) is 1.79. The number of aromatic nitrogens is 3. The fraction of sp³-hybridized carbons (Fsp3) is 0.250. The molecule has 2 rings (SSSR count). The average Bonchev–Trinajstić information content (AvgIpc) is 2.37. The summed E-state index contributed by atoms with van der Waals surface area (Å²) in [6, 6.07) is 7.58. The molecule has 0 aliphatic rings. The molecular weight excluding hydrogens is 310 g/mol. The summed E-state index contributed by atoms with van der Waals surface area (Å²) in [5, 5.41) is 0. The predicted octanol–water partition coefficient (Wildman–Crippen LogP) is 1.86. The minimum absolute atomic E-state index is 0.185.